The molecule has 0 aromatic carbocycles. The Morgan fingerprint density at radius 1 is 1.23 bits per heavy atom. The van der Waals surface area contributed by atoms with Crippen LogP contribution in [0.3, 0.4) is 0 Å². The first-order valence-corrected chi connectivity index (χ1v) is 12.4. The molecule has 0 bridgehead atoms. The maximum absolute atomic E-state index is 14.7. The third kappa shape index (κ3) is 9.22. The Hall–Kier alpha value is -0.670. The molecule has 0 saturated heterocycles. The second-order valence-corrected chi connectivity index (χ2v) is 10.7. The van der Waals surface area contributed by atoms with Gasteiger partial charge in [-0.15, -0.1) is 0 Å². The van der Waals surface area contributed by atoms with Gasteiger partial charge in [-0.25, -0.2) is 27.3 Å². The zero-order valence-corrected chi connectivity index (χ0v) is 18.3. The van der Waals surface area contributed by atoms with Crippen molar-refractivity contribution < 1.29 is 60.3 Å². The third-order valence-corrected chi connectivity index (χ3v) is 7.34. The van der Waals surface area contributed by atoms with Crippen LogP contribution in [0.5, 0.6) is 0 Å². The van der Waals surface area contributed by atoms with Crippen molar-refractivity contribution in [1.29, 1.82) is 0 Å². The van der Waals surface area contributed by atoms with E-state index >= 15 is 0 Å². The molecule has 0 fully saturated rings. The number of phosphoric acid groups is 3. The fourth-order valence-electron chi connectivity index (χ4n) is 1.92. The summed E-state index contributed by atoms with van der Waals surface area (Å²) < 4.78 is 72.5. The lowest BCUT2D eigenvalue weighted by molar-refractivity contribution is -0.0213. The molecule has 14 nitrogen and oxygen atoms in total. The van der Waals surface area contributed by atoms with Crippen LogP contribution in [0.25, 0.3) is 0 Å². The number of nitrogens with zero attached hydrogens (tertiary/aromatic N) is 1. The number of aromatic amines is 1. The van der Waals surface area contributed by atoms with Crippen molar-refractivity contribution >= 4 is 35.7 Å². The fraction of sp³-hybridized carbons (Fsp3) is 0.600. The minimum Gasteiger partial charge on any atom is -0.390 e. The molecule has 0 saturated carbocycles. The van der Waals surface area contributed by atoms with Crippen LogP contribution in [0.15, 0.2) is 11.0 Å². The van der Waals surface area contributed by atoms with Gasteiger partial charge in [0.15, 0.2) is 11.5 Å². The van der Waals surface area contributed by atoms with Crippen LogP contribution >= 0.6 is 35.7 Å². The largest absolute Gasteiger partial charge is 0.490 e. The van der Waals surface area contributed by atoms with Crippen LogP contribution < -0.4 is 5.69 Å². The van der Waals surface area contributed by atoms with Gasteiger partial charge in [0.2, 0.25) is 0 Å². The second-order valence-electron chi connectivity index (χ2n) is 5.87. The van der Waals surface area contributed by atoms with Gasteiger partial charge < -0.3 is 24.7 Å². The number of alkyl halides is 1. The Balaban J connectivity index is 2.71. The summed E-state index contributed by atoms with van der Waals surface area (Å²) >= 11 is 4.50. The number of aliphatic hydroxyl groups excluding tert-OH is 1. The standard InChI is InChI=1S/C10H17F2N2O12P3S/c1-10(12,5-14-4-6(11)8(30)13-9(14)16)7(15)2-3-24-28(20,21)26-29(22,23)25-27(17,18)19/h4,7,15H,2-3,5H2,1H3,(H,20,21)(H,22,23)(H,13,16,30)(H2,17,18,19)/t7-,10?/m0/s1. The summed E-state index contributed by atoms with van der Waals surface area (Å²) in [6.45, 7) is -0.982. The first-order chi connectivity index (χ1) is 13.3. The number of H-pyrrole nitrogens is 1. The second kappa shape index (κ2) is 9.86. The van der Waals surface area contributed by atoms with Gasteiger partial charge in [0, 0.05) is 12.6 Å². The van der Waals surface area contributed by atoms with Crippen molar-refractivity contribution in [3.05, 3.63) is 27.1 Å². The van der Waals surface area contributed by atoms with Gasteiger partial charge >= 0.3 is 29.2 Å². The van der Waals surface area contributed by atoms with Crippen molar-refractivity contribution in [2.45, 2.75) is 31.7 Å². The van der Waals surface area contributed by atoms with Crippen LogP contribution in [-0.4, -0.2) is 52.6 Å². The van der Waals surface area contributed by atoms with Crippen LogP contribution in [-0.2, 0) is 33.4 Å². The Bertz CT molecular complexity index is 1020. The monoisotopic (exact) mass is 520 g/mol. The molecule has 3 unspecified atom stereocenters. The summed E-state index contributed by atoms with van der Waals surface area (Å²) in [4.78, 5) is 48.6. The number of aliphatic hydroxyl groups is 1. The molecule has 20 heteroatoms. The highest BCUT2D eigenvalue weighted by Crippen LogP contribution is 2.66. The summed E-state index contributed by atoms with van der Waals surface area (Å²) in [6.07, 6.45) is -2.07. The number of halogens is 2. The maximum Gasteiger partial charge on any atom is 0.490 e. The topological polar surface area (TPSA) is 218 Å². The number of phosphoric ester groups is 1. The van der Waals surface area contributed by atoms with Crippen molar-refractivity contribution in [1.82, 2.24) is 9.55 Å². The smallest absolute Gasteiger partial charge is 0.390 e. The van der Waals surface area contributed by atoms with Crippen molar-refractivity contribution in [3.63, 3.8) is 0 Å². The predicted octanol–water partition coefficient (Wildman–Crippen LogP) is 0.867. The van der Waals surface area contributed by atoms with E-state index in [0.717, 1.165) is 6.92 Å². The van der Waals surface area contributed by atoms with E-state index in [1.807, 2.05) is 4.98 Å². The average molecular weight is 520 g/mol. The van der Waals surface area contributed by atoms with Crippen LogP contribution in [0.1, 0.15) is 13.3 Å². The van der Waals surface area contributed by atoms with E-state index in [4.69, 9.17) is 14.7 Å². The van der Waals surface area contributed by atoms with E-state index in [1.54, 1.807) is 0 Å². The summed E-state index contributed by atoms with van der Waals surface area (Å²) in [6, 6.07) is 0. The summed E-state index contributed by atoms with van der Waals surface area (Å²) in [5.74, 6) is -1.03. The van der Waals surface area contributed by atoms with Crippen molar-refractivity contribution in [2.75, 3.05) is 6.61 Å². The predicted molar refractivity (Wildman–Crippen MR) is 95.8 cm³/mol. The number of hydrogen-bond donors (Lipinski definition) is 6. The van der Waals surface area contributed by atoms with E-state index in [9.17, 15) is 37.3 Å². The van der Waals surface area contributed by atoms with Crippen LogP contribution in [0, 0.1) is 10.5 Å². The van der Waals surface area contributed by atoms with Gasteiger partial charge in [-0.3, -0.25) is 14.1 Å². The molecule has 1 rings (SSSR count). The summed E-state index contributed by atoms with van der Waals surface area (Å²) in [5.41, 5.74) is -3.56. The Kier molecular flexibility index (Phi) is 8.99. The van der Waals surface area contributed by atoms with Gasteiger partial charge in [-0.2, -0.15) is 8.62 Å². The zero-order chi connectivity index (χ0) is 23.5. The van der Waals surface area contributed by atoms with Crippen LogP contribution in [0.4, 0.5) is 8.78 Å². The molecule has 0 radical (unpaired) electrons. The molecular weight excluding hydrogens is 503 g/mol. The Morgan fingerprint density at radius 3 is 2.33 bits per heavy atom. The van der Waals surface area contributed by atoms with E-state index < -0.39 is 71.0 Å². The fourth-order valence-corrected chi connectivity index (χ4v) is 5.09. The third-order valence-electron chi connectivity index (χ3n) is 3.20. The molecule has 0 aliphatic heterocycles. The SMILES string of the molecule is CC(F)(Cn1cc(F)c(=S)[nH]c1=O)[C@@H](O)CCOP(=O)(O)OP(=O)(O)OP(=O)(O)O. The molecule has 0 amide bonds. The lowest BCUT2D eigenvalue weighted by Crippen LogP contribution is -2.42. The highest BCUT2D eigenvalue weighted by molar-refractivity contribution is 7.71. The highest BCUT2D eigenvalue weighted by atomic mass is 32.1. The molecule has 174 valence electrons. The lowest BCUT2D eigenvalue weighted by atomic mass is 9.98. The average Bonchev–Trinajstić information content (AvgIpc) is 2.48. The maximum atomic E-state index is 14.7. The van der Waals surface area contributed by atoms with Crippen molar-refractivity contribution in [3.8, 4) is 0 Å². The molecule has 0 aliphatic rings. The Labute approximate surface area is 171 Å². The summed E-state index contributed by atoms with van der Waals surface area (Å²) in [5, 5.41) is 9.90. The van der Waals surface area contributed by atoms with Gasteiger partial charge in [0.1, 0.15) is 4.64 Å². The molecule has 0 spiro atoms. The zero-order valence-electron chi connectivity index (χ0n) is 14.8. The Morgan fingerprint density at radius 2 is 1.80 bits per heavy atom. The molecule has 6 N–H and O–H groups in total. The van der Waals surface area contributed by atoms with E-state index in [2.05, 4.69) is 25.4 Å². The first-order valence-electron chi connectivity index (χ1n) is 7.48. The number of rotatable bonds is 11. The number of nitrogens with one attached hydrogen (secondary N) is 1. The molecule has 4 atom stereocenters. The molecule has 1 aromatic heterocycles. The lowest BCUT2D eigenvalue weighted by Gasteiger charge is -2.27. The molecule has 1 heterocycles. The minimum absolute atomic E-state index is 0.506. The number of hydrogen-bond acceptors (Lipinski definition) is 9. The van der Waals surface area contributed by atoms with Gasteiger partial charge in [0.25, 0.3) is 0 Å². The molecular formula is C10H17F2N2O12P3S. The minimum atomic E-state index is -5.72. The quantitative estimate of drug-likeness (QED) is 0.176. The number of aromatic nitrogens is 2. The van der Waals surface area contributed by atoms with E-state index in [1.165, 1.54) is 0 Å². The van der Waals surface area contributed by atoms with Gasteiger partial charge in [-0.05, 0) is 6.92 Å². The van der Waals surface area contributed by atoms with Gasteiger partial charge in [-0.1, -0.05) is 12.2 Å². The molecule has 1 aromatic rings. The van der Waals surface area contributed by atoms with Crippen LogP contribution in [0.2, 0.25) is 0 Å². The van der Waals surface area contributed by atoms with E-state index in [-0.39, 0.29) is 0 Å². The normalized spacial score (nSPS) is 19.5. The van der Waals surface area contributed by atoms with E-state index in [0.29, 0.717) is 10.8 Å². The summed E-state index contributed by atoms with van der Waals surface area (Å²) in [7, 11) is -16.7. The molecule has 0 aliphatic carbocycles. The molecule has 30 heavy (non-hydrogen) atoms. The highest BCUT2D eigenvalue weighted by Gasteiger charge is 2.41. The van der Waals surface area contributed by atoms with Gasteiger partial charge in [0.05, 0.1) is 19.3 Å². The van der Waals surface area contributed by atoms with Crippen molar-refractivity contribution in [2.24, 2.45) is 0 Å². The first kappa shape index (κ1) is 27.4.